The van der Waals surface area contributed by atoms with Gasteiger partial charge < -0.3 is 5.11 Å². The number of carboxylic acids is 1. The Hall–Kier alpha value is -0.790. The van der Waals surface area contributed by atoms with Crippen LogP contribution in [0.25, 0.3) is 0 Å². The zero-order chi connectivity index (χ0) is 11.3. The third-order valence-electron chi connectivity index (χ3n) is 5.33. The molecule has 2 aliphatic rings. The van der Waals surface area contributed by atoms with E-state index < -0.39 is 5.97 Å². The van der Waals surface area contributed by atoms with Crippen LogP contribution in [-0.2, 0) is 4.79 Å². The van der Waals surface area contributed by atoms with Gasteiger partial charge in [-0.1, -0.05) is 26.8 Å². The first-order valence-corrected chi connectivity index (χ1v) is 5.79. The number of fused-ring (bicyclic) bond motifs is 2. The summed E-state index contributed by atoms with van der Waals surface area (Å²) in [6.45, 7) is 7.02. The summed E-state index contributed by atoms with van der Waals surface area (Å²) in [6.07, 6.45) is 6.99. The molecule has 2 nitrogen and oxygen atoms in total. The Morgan fingerprint density at radius 2 is 2.07 bits per heavy atom. The lowest BCUT2D eigenvalue weighted by Crippen LogP contribution is -2.31. The van der Waals surface area contributed by atoms with Crippen LogP contribution >= 0.6 is 0 Å². The van der Waals surface area contributed by atoms with Crippen LogP contribution in [0.4, 0.5) is 0 Å². The van der Waals surface area contributed by atoms with E-state index in [1.807, 2.05) is 6.08 Å². The molecular weight excluding hydrogens is 188 g/mol. The van der Waals surface area contributed by atoms with Crippen molar-refractivity contribution in [2.75, 3.05) is 0 Å². The van der Waals surface area contributed by atoms with Crippen molar-refractivity contribution in [2.24, 2.45) is 22.7 Å². The van der Waals surface area contributed by atoms with Crippen LogP contribution in [0.3, 0.4) is 0 Å². The van der Waals surface area contributed by atoms with Crippen LogP contribution in [0, 0.1) is 22.7 Å². The molecule has 0 spiro atoms. The smallest absolute Gasteiger partial charge is 0.327 e. The standard InChI is InChI=1S/C13H20O2/c1-12(2)9-6-7-13(12,3)10(8-9)4-5-11(14)15/h4-5,9-10H,6-8H2,1-3H3,(H,14,15)/b5-4+. The van der Waals surface area contributed by atoms with E-state index in [9.17, 15) is 4.79 Å². The lowest BCUT2D eigenvalue weighted by molar-refractivity contribution is -0.131. The van der Waals surface area contributed by atoms with Gasteiger partial charge in [0.05, 0.1) is 0 Å². The molecule has 15 heavy (non-hydrogen) atoms. The average molecular weight is 208 g/mol. The topological polar surface area (TPSA) is 37.3 Å². The SMILES string of the molecule is CC1(C)C2CCC1(C)C(/C=C/C(=O)O)C2. The third-order valence-corrected chi connectivity index (χ3v) is 5.33. The minimum Gasteiger partial charge on any atom is -0.478 e. The van der Waals surface area contributed by atoms with Crippen molar-refractivity contribution < 1.29 is 9.90 Å². The van der Waals surface area contributed by atoms with Gasteiger partial charge in [0.1, 0.15) is 0 Å². The molecule has 2 heteroatoms. The molecule has 0 aromatic heterocycles. The van der Waals surface area contributed by atoms with Crippen molar-refractivity contribution in [2.45, 2.75) is 40.0 Å². The van der Waals surface area contributed by atoms with Crippen molar-refractivity contribution in [3.63, 3.8) is 0 Å². The Balaban J connectivity index is 2.22. The number of aliphatic carboxylic acids is 1. The molecule has 3 unspecified atom stereocenters. The third kappa shape index (κ3) is 1.34. The Labute approximate surface area is 91.4 Å². The Bertz CT molecular complexity index is 316. The van der Waals surface area contributed by atoms with Gasteiger partial charge in [-0.25, -0.2) is 4.79 Å². The Morgan fingerprint density at radius 3 is 2.47 bits per heavy atom. The van der Waals surface area contributed by atoms with Crippen LogP contribution in [0.1, 0.15) is 40.0 Å². The number of hydrogen-bond donors (Lipinski definition) is 1. The molecule has 2 saturated carbocycles. The second-order valence-electron chi connectivity index (χ2n) is 5.91. The summed E-state index contributed by atoms with van der Waals surface area (Å²) in [6, 6.07) is 0. The molecule has 2 aliphatic carbocycles. The molecule has 0 aromatic carbocycles. The summed E-state index contributed by atoms with van der Waals surface area (Å²) in [5.74, 6) is 0.424. The minimum atomic E-state index is -0.820. The van der Waals surface area contributed by atoms with Gasteiger partial charge in [0, 0.05) is 6.08 Å². The zero-order valence-corrected chi connectivity index (χ0v) is 9.79. The summed E-state index contributed by atoms with van der Waals surface area (Å²) in [4.78, 5) is 10.5. The molecule has 0 aromatic rings. The largest absolute Gasteiger partial charge is 0.478 e. The number of rotatable bonds is 2. The molecule has 1 N–H and O–H groups in total. The summed E-state index contributed by atoms with van der Waals surface area (Å²) in [7, 11) is 0. The highest BCUT2D eigenvalue weighted by atomic mass is 16.4. The van der Waals surface area contributed by atoms with E-state index in [-0.39, 0.29) is 0 Å². The lowest BCUT2D eigenvalue weighted by Gasteiger charge is -2.38. The van der Waals surface area contributed by atoms with E-state index in [1.165, 1.54) is 25.3 Å². The maximum absolute atomic E-state index is 10.5. The highest BCUT2D eigenvalue weighted by Gasteiger charge is 2.60. The number of carboxylic acid groups (broad SMARTS) is 1. The van der Waals surface area contributed by atoms with E-state index in [4.69, 9.17) is 5.11 Å². The van der Waals surface area contributed by atoms with Crippen LogP contribution in [0.15, 0.2) is 12.2 Å². The first-order chi connectivity index (χ1) is 6.88. The zero-order valence-electron chi connectivity index (χ0n) is 9.79. The molecule has 0 heterocycles. The van der Waals surface area contributed by atoms with Gasteiger partial charge >= 0.3 is 5.97 Å². The molecule has 0 aliphatic heterocycles. The van der Waals surface area contributed by atoms with Crippen LogP contribution in [0.5, 0.6) is 0 Å². The quantitative estimate of drug-likeness (QED) is 0.708. The van der Waals surface area contributed by atoms with Crippen molar-refractivity contribution in [1.82, 2.24) is 0 Å². The predicted octanol–water partition coefficient (Wildman–Crippen LogP) is 3.09. The van der Waals surface area contributed by atoms with E-state index in [0.717, 1.165) is 5.92 Å². The highest BCUT2D eigenvalue weighted by molar-refractivity contribution is 5.79. The summed E-state index contributed by atoms with van der Waals surface area (Å²) in [5.41, 5.74) is 0.685. The summed E-state index contributed by atoms with van der Waals surface area (Å²) in [5, 5.41) is 8.67. The molecule has 2 rings (SSSR count). The van der Waals surface area contributed by atoms with Gasteiger partial charge in [-0.2, -0.15) is 0 Å². The van der Waals surface area contributed by atoms with E-state index in [2.05, 4.69) is 20.8 Å². The van der Waals surface area contributed by atoms with Gasteiger partial charge in [-0.3, -0.25) is 0 Å². The van der Waals surface area contributed by atoms with Crippen LogP contribution in [0.2, 0.25) is 0 Å². The molecular formula is C13H20O2. The lowest BCUT2D eigenvalue weighted by atomic mass is 9.67. The molecule has 2 fully saturated rings. The fourth-order valence-electron chi connectivity index (χ4n) is 3.76. The predicted molar refractivity (Wildman–Crippen MR) is 59.5 cm³/mol. The van der Waals surface area contributed by atoms with E-state index in [0.29, 0.717) is 16.7 Å². The number of allylic oxidation sites excluding steroid dienone is 1. The number of hydrogen-bond acceptors (Lipinski definition) is 1. The average Bonchev–Trinajstić information content (AvgIpc) is 2.46. The normalized spacial score (nSPS) is 42.6. The molecule has 3 atom stereocenters. The van der Waals surface area contributed by atoms with E-state index >= 15 is 0 Å². The maximum atomic E-state index is 10.5. The molecule has 2 bridgehead atoms. The summed E-state index contributed by atoms with van der Waals surface area (Å²) >= 11 is 0. The molecule has 0 saturated heterocycles. The molecule has 84 valence electrons. The first-order valence-electron chi connectivity index (χ1n) is 5.79. The maximum Gasteiger partial charge on any atom is 0.327 e. The van der Waals surface area contributed by atoms with Crippen molar-refractivity contribution in [3.05, 3.63) is 12.2 Å². The van der Waals surface area contributed by atoms with Gasteiger partial charge in [-0.05, 0) is 41.9 Å². The van der Waals surface area contributed by atoms with Crippen LogP contribution < -0.4 is 0 Å². The fraction of sp³-hybridized carbons (Fsp3) is 0.769. The van der Waals surface area contributed by atoms with Crippen molar-refractivity contribution in [1.29, 1.82) is 0 Å². The Kier molecular flexibility index (Phi) is 2.21. The van der Waals surface area contributed by atoms with Gasteiger partial charge in [0.25, 0.3) is 0 Å². The van der Waals surface area contributed by atoms with Gasteiger partial charge in [-0.15, -0.1) is 0 Å². The monoisotopic (exact) mass is 208 g/mol. The highest BCUT2D eigenvalue weighted by Crippen LogP contribution is 2.68. The second kappa shape index (κ2) is 3.10. The second-order valence-corrected chi connectivity index (χ2v) is 5.91. The van der Waals surface area contributed by atoms with E-state index in [1.54, 1.807) is 0 Å². The first kappa shape index (κ1) is 10.7. The fourth-order valence-corrected chi connectivity index (χ4v) is 3.76. The van der Waals surface area contributed by atoms with Gasteiger partial charge in [0.15, 0.2) is 0 Å². The molecule has 0 radical (unpaired) electrons. The van der Waals surface area contributed by atoms with Crippen LogP contribution in [-0.4, -0.2) is 11.1 Å². The summed E-state index contributed by atoms with van der Waals surface area (Å²) < 4.78 is 0. The van der Waals surface area contributed by atoms with Crippen molar-refractivity contribution in [3.8, 4) is 0 Å². The van der Waals surface area contributed by atoms with Crippen molar-refractivity contribution >= 4 is 5.97 Å². The van der Waals surface area contributed by atoms with Gasteiger partial charge in [0.2, 0.25) is 0 Å². The minimum absolute atomic E-state index is 0.309. The molecule has 0 amide bonds. The Morgan fingerprint density at radius 1 is 1.40 bits per heavy atom. The number of carbonyl (C=O) groups is 1.